The van der Waals surface area contributed by atoms with Crippen LogP contribution in [0.3, 0.4) is 0 Å². The molecule has 1 aromatic carbocycles. The number of nitrogens with zero attached hydrogens (tertiary/aromatic N) is 1. The average Bonchev–Trinajstić information content (AvgIpc) is 3.14. The molecule has 1 N–H and O–H groups in total. The molecule has 0 bridgehead atoms. The molecule has 0 spiro atoms. The Hall–Kier alpha value is -3.33. The molecule has 1 aliphatic rings. The summed E-state index contributed by atoms with van der Waals surface area (Å²) in [4.78, 5) is 23.3. The minimum absolute atomic E-state index is 0.0700. The molecular formula is C19H15N2O4-. The summed E-state index contributed by atoms with van der Waals surface area (Å²) in [5.41, 5.74) is -0.269. The Bertz CT molecular complexity index is 904. The number of aromatic carboxylic acids is 1. The first kappa shape index (κ1) is 16.5. The van der Waals surface area contributed by atoms with Crippen LogP contribution < -0.4 is 10.4 Å². The Morgan fingerprint density at radius 3 is 2.68 bits per heavy atom. The van der Waals surface area contributed by atoms with Gasteiger partial charge < -0.3 is 19.6 Å². The summed E-state index contributed by atoms with van der Waals surface area (Å²) in [7, 11) is 0. The molecule has 3 rings (SSSR count). The van der Waals surface area contributed by atoms with Gasteiger partial charge in [-0.15, -0.1) is 0 Å². The lowest BCUT2D eigenvalue weighted by Crippen LogP contribution is -2.25. The molecule has 25 heavy (non-hydrogen) atoms. The SMILES string of the molecule is C[C@@H]1C[C@H]1c1ccc(/C=C(\C#N)C(=O)Nc2ccccc2C(=O)[O-])o1. The molecule has 126 valence electrons. The molecule has 0 radical (unpaired) electrons. The van der Waals surface area contributed by atoms with Crippen molar-refractivity contribution in [2.75, 3.05) is 5.32 Å². The summed E-state index contributed by atoms with van der Waals surface area (Å²) in [6.45, 7) is 2.13. The van der Waals surface area contributed by atoms with Gasteiger partial charge in [0, 0.05) is 17.6 Å². The maximum absolute atomic E-state index is 12.3. The van der Waals surface area contributed by atoms with E-state index in [1.807, 2.05) is 12.1 Å². The zero-order chi connectivity index (χ0) is 18.0. The molecule has 0 saturated heterocycles. The van der Waals surface area contributed by atoms with E-state index in [0.29, 0.717) is 17.6 Å². The quantitative estimate of drug-likeness (QED) is 0.666. The number of anilines is 1. The van der Waals surface area contributed by atoms with Gasteiger partial charge in [-0.25, -0.2) is 0 Å². The van der Waals surface area contributed by atoms with E-state index in [9.17, 15) is 20.0 Å². The van der Waals surface area contributed by atoms with Crippen LogP contribution >= 0.6 is 0 Å². The Labute approximate surface area is 144 Å². The molecule has 1 aliphatic carbocycles. The van der Waals surface area contributed by atoms with Crippen LogP contribution in [0.2, 0.25) is 0 Å². The molecule has 6 nitrogen and oxygen atoms in total. The Balaban J connectivity index is 1.79. The van der Waals surface area contributed by atoms with Crippen LogP contribution in [-0.4, -0.2) is 11.9 Å². The monoisotopic (exact) mass is 335 g/mol. The normalized spacial score (nSPS) is 19.1. The van der Waals surface area contributed by atoms with E-state index in [4.69, 9.17) is 4.42 Å². The van der Waals surface area contributed by atoms with Crippen molar-refractivity contribution in [2.24, 2.45) is 5.92 Å². The van der Waals surface area contributed by atoms with E-state index < -0.39 is 11.9 Å². The Morgan fingerprint density at radius 2 is 2.04 bits per heavy atom. The second-order valence-electron chi connectivity index (χ2n) is 6.02. The summed E-state index contributed by atoms with van der Waals surface area (Å²) < 4.78 is 5.66. The van der Waals surface area contributed by atoms with Crippen LogP contribution in [0.5, 0.6) is 0 Å². The summed E-state index contributed by atoms with van der Waals surface area (Å²) in [6, 6.07) is 11.2. The second-order valence-corrected chi connectivity index (χ2v) is 6.02. The molecule has 0 aliphatic heterocycles. The molecule has 1 saturated carbocycles. The Kier molecular flexibility index (Phi) is 4.40. The molecule has 1 aromatic heterocycles. The highest BCUT2D eigenvalue weighted by molar-refractivity contribution is 6.11. The average molecular weight is 335 g/mol. The van der Waals surface area contributed by atoms with Crippen molar-refractivity contribution in [1.82, 2.24) is 0 Å². The van der Waals surface area contributed by atoms with Crippen LogP contribution in [-0.2, 0) is 4.79 Å². The number of hydrogen-bond acceptors (Lipinski definition) is 5. The van der Waals surface area contributed by atoms with Gasteiger partial charge in [-0.1, -0.05) is 25.1 Å². The highest BCUT2D eigenvalue weighted by atomic mass is 16.4. The maximum atomic E-state index is 12.3. The molecule has 2 atom stereocenters. The van der Waals surface area contributed by atoms with E-state index in [0.717, 1.165) is 12.2 Å². The van der Waals surface area contributed by atoms with Crippen LogP contribution in [0.25, 0.3) is 6.08 Å². The van der Waals surface area contributed by atoms with Crippen molar-refractivity contribution >= 4 is 23.6 Å². The van der Waals surface area contributed by atoms with Crippen molar-refractivity contribution < 1.29 is 19.1 Å². The highest BCUT2D eigenvalue weighted by Crippen LogP contribution is 2.47. The molecular weight excluding hydrogens is 320 g/mol. The van der Waals surface area contributed by atoms with Crippen molar-refractivity contribution in [1.29, 1.82) is 5.26 Å². The highest BCUT2D eigenvalue weighted by Gasteiger charge is 2.36. The number of nitrogens with one attached hydrogen (secondary N) is 1. The van der Waals surface area contributed by atoms with Crippen molar-refractivity contribution in [3.8, 4) is 6.07 Å². The van der Waals surface area contributed by atoms with Crippen LogP contribution in [0.4, 0.5) is 5.69 Å². The van der Waals surface area contributed by atoms with Gasteiger partial charge in [0.15, 0.2) is 0 Å². The minimum atomic E-state index is -1.41. The fourth-order valence-electron chi connectivity index (χ4n) is 2.61. The van der Waals surface area contributed by atoms with Gasteiger partial charge in [0.05, 0.1) is 11.7 Å². The molecule has 2 aromatic rings. The number of hydrogen-bond donors (Lipinski definition) is 1. The first-order valence-electron chi connectivity index (χ1n) is 7.83. The lowest BCUT2D eigenvalue weighted by atomic mass is 10.1. The molecule has 1 heterocycles. The van der Waals surface area contributed by atoms with E-state index in [1.54, 1.807) is 12.1 Å². The van der Waals surface area contributed by atoms with Gasteiger partial charge in [-0.3, -0.25) is 4.79 Å². The molecule has 1 fully saturated rings. The first-order chi connectivity index (χ1) is 12.0. The van der Waals surface area contributed by atoms with Crippen LogP contribution in [0.1, 0.15) is 41.1 Å². The maximum Gasteiger partial charge on any atom is 0.266 e. The number of rotatable bonds is 5. The zero-order valence-electron chi connectivity index (χ0n) is 13.5. The predicted molar refractivity (Wildman–Crippen MR) is 88.2 cm³/mol. The van der Waals surface area contributed by atoms with Crippen molar-refractivity contribution in [3.63, 3.8) is 0 Å². The first-order valence-corrected chi connectivity index (χ1v) is 7.83. The van der Waals surface area contributed by atoms with Crippen LogP contribution in [0.15, 0.2) is 46.4 Å². The third-order valence-corrected chi connectivity index (χ3v) is 4.17. The summed E-state index contributed by atoms with van der Waals surface area (Å²) in [5.74, 6) is 0.119. The lowest BCUT2D eigenvalue weighted by Gasteiger charge is -2.10. The minimum Gasteiger partial charge on any atom is -0.545 e. The smallest absolute Gasteiger partial charge is 0.266 e. The van der Waals surface area contributed by atoms with Gasteiger partial charge >= 0.3 is 0 Å². The van der Waals surface area contributed by atoms with Gasteiger partial charge in [-0.05, 0) is 30.5 Å². The van der Waals surface area contributed by atoms with Crippen molar-refractivity contribution in [2.45, 2.75) is 19.3 Å². The number of amides is 1. The van der Waals surface area contributed by atoms with E-state index in [2.05, 4.69) is 12.2 Å². The van der Waals surface area contributed by atoms with E-state index in [-0.39, 0.29) is 16.8 Å². The third kappa shape index (κ3) is 3.61. The zero-order valence-corrected chi connectivity index (χ0v) is 13.5. The van der Waals surface area contributed by atoms with E-state index in [1.165, 1.54) is 24.3 Å². The lowest BCUT2D eigenvalue weighted by molar-refractivity contribution is -0.254. The van der Waals surface area contributed by atoms with Gasteiger partial charge in [0.2, 0.25) is 0 Å². The predicted octanol–water partition coefficient (Wildman–Crippen LogP) is 2.31. The second kappa shape index (κ2) is 6.65. The van der Waals surface area contributed by atoms with Gasteiger partial charge in [0.1, 0.15) is 23.2 Å². The summed E-state index contributed by atoms with van der Waals surface area (Å²) in [5, 5.41) is 22.7. The molecule has 0 unspecified atom stereocenters. The van der Waals surface area contributed by atoms with Gasteiger partial charge in [0.25, 0.3) is 5.91 Å². The van der Waals surface area contributed by atoms with Crippen molar-refractivity contribution in [3.05, 3.63) is 59.1 Å². The number of carbonyl (C=O) groups excluding carboxylic acids is 2. The number of carbonyl (C=O) groups is 2. The summed E-state index contributed by atoms with van der Waals surface area (Å²) >= 11 is 0. The number of carboxylic acid groups (broad SMARTS) is 1. The standard InChI is InChI=1S/C19H16N2O4/c1-11-8-15(11)17-7-6-13(25-17)9-12(10-20)18(22)21-16-5-3-2-4-14(16)19(23)24/h2-7,9,11,15H,8H2,1H3,(H,21,22)(H,23,24)/p-1/b12-9+/t11-,15-/m1/s1. The summed E-state index contributed by atoms with van der Waals surface area (Å²) in [6.07, 6.45) is 2.41. The van der Waals surface area contributed by atoms with E-state index >= 15 is 0 Å². The van der Waals surface area contributed by atoms with Gasteiger partial charge in [-0.2, -0.15) is 5.26 Å². The number of carboxylic acids is 1. The number of benzene rings is 1. The fourth-order valence-corrected chi connectivity index (χ4v) is 2.61. The fraction of sp³-hybridized carbons (Fsp3) is 0.211. The largest absolute Gasteiger partial charge is 0.545 e. The topological polar surface area (TPSA) is 106 Å². The number of nitriles is 1. The third-order valence-electron chi connectivity index (χ3n) is 4.17. The van der Waals surface area contributed by atoms with Crippen LogP contribution in [0, 0.1) is 17.2 Å². The Morgan fingerprint density at radius 1 is 1.32 bits per heavy atom. The molecule has 1 amide bonds. The number of furan rings is 1. The number of para-hydroxylation sites is 1. The molecule has 6 heteroatoms.